The van der Waals surface area contributed by atoms with Gasteiger partial charge in [-0.05, 0) is 55.0 Å². The Labute approximate surface area is 129 Å². The number of nitrogens with zero attached hydrogens (tertiary/aromatic N) is 1. The van der Waals surface area contributed by atoms with Gasteiger partial charge in [0, 0.05) is 4.47 Å². The average Bonchev–Trinajstić information content (AvgIpc) is 2.68. The number of halogens is 2. The van der Waals surface area contributed by atoms with Gasteiger partial charge in [0.2, 0.25) is 0 Å². The van der Waals surface area contributed by atoms with Crippen LogP contribution in [-0.2, 0) is 0 Å². The highest BCUT2D eigenvalue weighted by atomic mass is 79.9. The van der Waals surface area contributed by atoms with Crippen LogP contribution in [0, 0.1) is 11.7 Å². The van der Waals surface area contributed by atoms with E-state index in [2.05, 4.69) is 33.9 Å². The fraction of sp³-hybridized carbons (Fsp3) is 0.0714. The molecule has 0 saturated heterocycles. The van der Waals surface area contributed by atoms with Crippen molar-refractivity contribution < 1.29 is 0 Å². The highest BCUT2D eigenvalue weighted by Crippen LogP contribution is 2.27. The molecule has 0 aliphatic carbocycles. The fourth-order valence-electron chi connectivity index (χ4n) is 2.20. The molecular weight excluding hydrogens is 344 g/mol. The van der Waals surface area contributed by atoms with Crippen LogP contribution in [0.25, 0.3) is 16.7 Å². The van der Waals surface area contributed by atoms with Gasteiger partial charge in [-0.2, -0.15) is 0 Å². The molecule has 1 heterocycles. The smallest absolute Gasteiger partial charge is 0.182 e. The molecule has 19 heavy (non-hydrogen) atoms. The van der Waals surface area contributed by atoms with Crippen LogP contribution in [0.5, 0.6) is 0 Å². The zero-order chi connectivity index (χ0) is 13.6. The highest BCUT2D eigenvalue weighted by molar-refractivity contribution is 9.10. The summed E-state index contributed by atoms with van der Waals surface area (Å²) in [6.45, 7) is 2.06. The number of hydrogen-bond acceptors (Lipinski definition) is 1. The number of imidazole rings is 1. The maximum absolute atomic E-state index is 6.20. The maximum atomic E-state index is 6.20. The second-order valence-electron chi connectivity index (χ2n) is 4.33. The Kier molecular flexibility index (Phi) is 3.25. The lowest BCUT2D eigenvalue weighted by molar-refractivity contribution is 1.05. The number of aromatic amines is 1. The zero-order valence-corrected chi connectivity index (χ0v) is 13.2. The summed E-state index contributed by atoms with van der Waals surface area (Å²) in [7, 11) is 0. The summed E-state index contributed by atoms with van der Waals surface area (Å²) >= 11 is 15.1. The van der Waals surface area contributed by atoms with Gasteiger partial charge in [-0.15, -0.1) is 0 Å². The van der Waals surface area contributed by atoms with E-state index in [1.54, 1.807) is 0 Å². The molecule has 5 heteroatoms. The van der Waals surface area contributed by atoms with Crippen LogP contribution in [0.15, 0.2) is 40.9 Å². The van der Waals surface area contributed by atoms with Crippen LogP contribution in [0.1, 0.15) is 5.56 Å². The fourth-order valence-corrected chi connectivity index (χ4v) is 3.20. The summed E-state index contributed by atoms with van der Waals surface area (Å²) < 4.78 is 3.71. The standard InChI is InChI=1S/C14H10BrClN2S/c1-8-7-9(15)5-6-11(8)18-12-4-2-3-10(16)13(12)17-14(18)19/h2-7H,1H3,(H,17,19). The third kappa shape index (κ3) is 2.14. The minimum atomic E-state index is 0.647. The van der Waals surface area contributed by atoms with Crippen molar-refractivity contribution in [1.82, 2.24) is 9.55 Å². The molecule has 96 valence electrons. The SMILES string of the molecule is Cc1cc(Br)ccc1-n1c(=S)[nH]c2c(Cl)cccc21. The molecular formula is C14H10BrClN2S. The molecule has 2 nitrogen and oxygen atoms in total. The summed E-state index contributed by atoms with van der Waals surface area (Å²) in [4.78, 5) is 3.17. The van der Waals surface area contributed by atoms with Crippen LogP contribution in [0.3, 0.4) is 0 Å². The van der Waals surface area contributed by atoms with Crippen molar-refractivity contribution >= 4 is 50.8 Å². The lowest BCUT2D eigenvalue weighted by Crippen LogP contribution is -1.96. The summed E-state index contributed by atoms with van der Waals surface area (Å²) in [6, 6.07) is 11.9. The van der Waals surface area contributed by atoms with E-state index in [9.17, 15) is 0 Å². The first-order chi connectivity index (χ1) is 9.08. The highest BCUT2D eigenvalue weighted by Gasteiger charge is 2.10. The molecule has 0 unspecified atom stereocenters. The maximum Gasteiger partial charge on any atom is 0.182 e. The molecule has 0 radical (unpaired) electrons. The van der Waals surface area contributed by atoms with E-state index in [4.69, 9.17) is 23.8 Å². The van der Waals surface area contributed by atoms with Gasteiger partial charge in [-0.25, -0.2) is 0 Å². The largest absolute Gasteiger partial charge is 0.329 e. The first-order valence-electron chi connectivity index (χ1n) is 5.73. The van der Waals surface area contributed by atoms with Crippen LogP contribution in [0.4, 0.5) is 0 Å². The lowest BCUT2D eigenvalue weighted by atomic mass is 10.2. The van der Waals surface area contributed by atoms with E-state index in [-0.39, 0.29) is 0 Å². The summed E-state index contributed by atoms with van der Waals surface area (Å²) in [5.74, 6) is 0. The number of benzene rings is 2. The molecule has 1 aromatic heterocycles. The molecule has 3 aromatic rings. The quantitative estimate of drug-likeness (QED) is 0.580. The normalized spacial score (nSPS) is 11.1. The number of aromatic nitrogens is 2. The van der Waals surface area contributed by atoms with Gasteiger partial charge in [0.1, 0.15) is 0 Å². The zero-order valence-electron chi connectivity index (χ0n) is 10.1. The molecule has 2 aromatic carbocycles. The minimum Gasteiger partial charge on any atom is -0.329 e. The Morgan fingerprint density at radius 2 is 2.05 bits per heavy atom. The first kappa shape index (κ1) is 12.9. The molecule has 0 amide bonds. The lowest BCUT2D eigenvalue weighted by Gasteiger charge is -2.09. The molecule has 0 atom stereocenters. The van der Waals surface area contributed by atoms with E-state index >= 15 is 0 Å². The van der Waals surface area contributed by atoms with E-state index < -0.39 is 0 Å². The molecule has 1 N–H and O–H groups in total. The Bertz CT molecular complexity index is 835. The van der Waals surface area contributed by atoms with Gasteiger partial charge in [0.15, 0.2) is 4.77 Å². The number of nitrogens with one attached hydrogen (secondary N) is 1. The molecule has 3 rings (SSSR count). The molecule has 0 saturated carbocycles. The van der Waals surface area contributed by atoms with Gasteiger partial charge in [0.05, 0.1) is 21.7 Å². The topological polar surface area (TPSA) is 20.7 Å². The number of fused-ring (bicyclic) bond motifs is 1. The van der Waals surface area contributed by atoms with E-state index in [0.29, 0.717) is 9.79 Å². The van der Waals surface area contributed by atoms with Gasteiger partial charge in [-0.3, -0.25) is 4.57 Å². The van der Waals surface area contributed by atoms with Gasteiger partial charge >= 0.3 is 0 Å². The van der Waals surface area contributed by atoms with Crippen LogP contribution in [0.2, 0.25) is 5.02 Å². The number of para-hydroxylation sites is 1. The van der Waals surface area contributed by atoms with Crippen molar-refractivity contribution in [2.45, 2.75) is 6.92 Å². The van der Waals surface area contributed by atoms with Crippen molar-refractivity contribution in [3.63, 3.8) is 0 Å². The van der Waals surface area contributed by atoms with Crippen molar-refractivity contribution in [3.8, 4) is 5.69 Å². The second-order valence-corrected chi connectivity index (χ2v) is 6.04. The molecule has 0 bridgehead atoms. The predicted molar refractivity (Wildman–Crippen MR) is 85.9 cm³/mol. The molecule has 0 aliphatic rings. The van der Waals surface area contributed by atoms with Crippen LogP contribution >= 0.6 is 39.7 Å². The summed E-state index contributed by atoms with van der Waals surface area (Å²) in [6.07, 6.45) is 0. The number of aryl methyl sites for hydroxylation is 1. The van der Waals surface area contributed by atoms with Crippen LogP contribution < -0.4 is 0 Å². The Hall–Kier alpha value is -1.10. The van der Waals surface area contributed by atoms with Crippen molar-refractivity contribution in [2.24, 2.45) is 0 Å². The first-order valence-corrected chi connectivity index (χ1v) is 7.31. The molecule has 0 aliphatic heterocycles. The van der Waals surface area contributed by atoms with E-state index in [1.165, 1.54) is 0 Å². The molecule has 0 spiro atoms. The van der Waals surface area contributed by atoms with Gasteiger partial charge < -0.3 is 4.98 Å². The van der Waals surface area contributed by atoms with Crippen molar-refractivity contribution in [3.05, 3.63) is 56.2 Å². The molecule has 0 fully saturated rings. The van der Waals surface area contributed by atoms with Crippen LogP contribution in [-0.4, -0.2) is 9.55 Å². The predicted octanol–water partition coefficient (Wildman–Crippen LogP) is 5.41. The Morgan fingerprint density at radius 1 is 1.26 bits per heavy atom. The monoisotopic (exact) mass is 352 g/mol. The average molecular weight is 354 g/mol. The summed E-state index contributed by atoms with van der Waals surface area (Å²) in [5.41, 5.74) is 4.06. The van der Waals surface area contributed by atoms with Gasteiger partial charge in [0.25, 0.3) is 0 Å². The third-order valence-corrected chi connectivity index (χ3v) is 4.16. The summed E-state index contributed by atoms with van der Waals surface area (Å²) in [5, 5.41) is 0.678. The Morgan fingerprint density at radius 3 is 2.79 bits per heavy atom. The van der Waals surface area contributed by atoms with Gasteiger partial charge in [-0.1, -0.05) is 33.6 Å². The van der Waals surface area contributed by atoms with Crippen molar-refractivity contribution in [1.29, 1.82) is 0 Å². The van der Waals surface area contributed by atoms with E-state index in [1.807, 2.05) is 34.9 Å². The van der Waals surface area contributed by atoms with E-state index in [0.717, 1.165) is 26.8 Å². The number of hydrogen-bond donors (Lipinski definition) is 1. The number of rotatable bonds is 1. The minimum absolute atomic E-state index is 0.647. The Balaban J connectivity index is 2.40. The second kappa shape index (κ2) is 4.78. The van der Waals surface area contributed by atoms with Crippen molar-refractivity contribution in [2.75, 3.05) is 0 Å². The number of H-pyrrole nitrogens is 1. The third-order valence-electron chi connectivity index (χ3n) is 3.07.